The molecule has 2 rings (SSSR count). The summed E-state index contributed by atoms with van der Waals surface area (Å²) in [5, 5.41) is 0. The molecule has 0 bridgehead atoms. The Bertz CT molecular complexity index is 241. The molecule has 1 saturated heterocycles. The van der Waals surface area contributed by atoms with Crippen molar-refractivity contribution in [2.45, 2.75) is 44.9 Å². The van der Waals surface area contributed by atoms with Gasteiger partial charge in [-0.05, 0) is 57.5 Å². The molecule has 1 saturated carbocycles. The van der Waals surface area contributed by atoms with Crippen LogP contribution >= 0.6 is 0 Å². The van der Waals surface area contributed by atoms with E-state index in [1.807, 2.05) is 0 Å². The molecule has 1 heterocycles. The molecule has 0 radical (unpaired) electrons. The Labute approximate surface area is 105 Å². The van der Waals surface area contributed by atoms with E-state index in [9.17, 15) is 4.79 Å². The van der Waals surface area contributed by atoms with Crippen molar-refractivity contribution in [1.82, 2.24) is 4.90 Å². The van der Waals surface area contributed by atoms with Gasteiger partial charge in [0.1, 0.15) is 0 Å². The largest absolute Gasteiger partial charge is 0.469 e. The van der Waals surface area contributed by atoms with Crippen LogP contribution in [0.15, 0.2) is 0 Å². The van der Waals surface area contributed by atoms with Gasteiger partial charge in [0, 0.05) is 6.54 Å². The summed E-state index contributed by atoms with van der Waals surface area (Å²) >= 11 is 0. The third-order valence-electron chi connectivity index (χ3n) is 4.35. The van der Waals surface area contributed by atoms with Crippen LogP contribution in [0, 0.1) is 11.8 Å². The number of ether oxygens (including phenoxy) is 1. The summed E-state index contributed by atoms with van der Waals surface area (Å²) in [6.07, 6.45) is 8.63. The average Bonchev–Trinajstić information content (AvgIpc) is 2.40. The Balaban J connectivity index is 1.69. The molecule has 3 nitrogen and oxygen atoms in total. The van der Waals surface area contributed by atoms with E-state index in [1.54, 1.807) is 0 Å². The summed E-state index contributed by atoms with van der Waals surface area (Å²) in [5.74, 6) is 0.994. The summed E-state index contributed by atoms with van der Waals surface area (Å²) < 4.78 is 4.83. The molecule has 2 aliphatic rings. The first-order valence-corrected chi connectivity index (χ1v) is 7.10. The third kappa shape index (κ3) is 3.70. The second kappa shape index (κ2) is 6.39. The molecule has 1 aliphatic carbocycles. The van der Waals surface area contributed by atoms with Gasteiger partial charge in [-0.15, -0.1) is 0 Å². The van der Waals surface area contributed by atoms with E-state index in [0.29, 0.717) is 0 Å². The van der Waals surface area contributed by atoms with Gasteiger partial charge in [-0.25, -0.2) is 0 Å². The number of nitrogens with zero attached hydrogens (tertiary/aromatic N) is 1. The molecule has 0 aromatic heterocycles. The van der Waals surface area contributed by atoms with E-state index in [4.69, 9.17) is 4.74 Å². The van der Waals surface area contributed by atoms with Crippen molar-refractivity contribution in [3.8, 4) is 0 Å². The zero-order valence-electron chi connectivity index (χ0n) is 11.0. The van der Waals surface area contributed by atoms with Crippen molar-refractivity contribution >= 4 is 5.97 Å². The summed E-state index contributed by atoms with van der Waals surface area (Å²) in [7, 11) is 1.50. The first-order valence-electron chi connectivity index (χ1n) is 7.10. The number of piperidine rings is 1. The summed E-state index contributed by atoms with van der Waals surface area (Å²) in [6, 6.07) is 0. The Morgan fingerprint density at radius 2 is 1.76 bits per heavy atom. The fourth-order valence-corrected chi connectivity index (χ4v) is 3.25. The van der Waals surface area contributed by atoms with Crippen LogP contribution in [0.2, 0.25) is 0 Å². The Morgan fingerprint density at radius 3 is 2.35 bits per heavy atom. The maximum Gasteiger partial charge on any atom is 0.308 e. The molecule has 0 aromatic carbocycles. The number of carbonyl (C=O) groups is 1. The molecule has 1 aliphatic heterocycles. The van der Waals surface area contributed by atoms with Gasteiger partial charge in [0.2, 0.25) is 0 Å². The highest BCUT2D eigenvalue weighted by Crippen LogP contribution is 2.30. The van der Waals surface area contributed by atoms with Crippen LogP contribution in [-0.2, 0) is 9.53 Å². The Kier molecular flexibility index (Phi) is 4.84. The van der Waals surface area contributed by atoms with Crippen molar-refractivity contribution in [2.75, 3.05) is 26.7 Å². The summed E-state index contributed by atoms with van der Waals surface area (Å²) in [4.78, 5) is 14.0. The molecule has 0 spiro atoms. The second-order valence-electron chi connectivity index (χ2n) is 5.60. The molecule has 0 unspecified atom stereocenters. The van der Waals surface area contributed by atoms with Crippen molar-refractivity contribution in [1.29, 1.82) is 0 Å². The van der Waals surface area contributed by atoms with Crippen LogP contribution in [-0.4, -0.2) is 37.6 Å². The number of carbonyl (C=O) groups excluding carboxylic acids is 1. The standard InChI is InChI=1S/C14H25NO2/c1-17-14(16)13-7-5-12(6-8-13)11-15-9-3-2-4-10-15/h12-13H,2-11H2,1H3/t12-,13-. The highest BCUT2D eigenvalue weighted by atomic mass is 16.5. The zero-order valence-corrected chi connectivity index (χ0v) is 11.0. The minimum absolute atomic E-state index is 0.00132. The lowest BCUT2D eigenvalue weighted by atomic mass is 9.81. The number of hydrogen-bond donors (Lipinski definition) is 0. The zero-order chi connectivity index (χ0) is 12.1. The number of likely N-dealkylation sites (tertiary alicyclic amines) is 1. The molecule has 0 aromatic rings. The first kappa shape index (κ1) is 12.9. The quantitative estimate of drug-likeness (QED) is 0.709. The van der Waals surface area contributed by atoms with Crippen LogP contribution in [0.5, 0.6) is 0 Å². The molecule has 98 valence electrons. The smallest absolute Gasteiger partial charge is 0.308 e. The maximum absolute atomic E-state index is 11.4. The number of rotatable bonds is 3. The Hall–Kier alpha value is -0.570. The van der Waals surface area contributed by atoms with E-state index in [1.165, 1.54) is 58.8 Å². The van der Waals surface area contributed by atoms with Crippen molar-refractivity contribution in [3.63, 3.8) is 0 Å². The van der Waals surface area contributed by atoms with E-state index in [2.05, 4.69) is 4.90 Å². The predicted molar refractivity (Wildman–Crippen MR) is 67.8 cm³/mol. The van der Waals surface area contributed by atoms with Gasteiger partial charge in [-0.2, -0.15) is 0 Å². The van der Waals surface area contributed by atoms with Crippen molar-refractivity contribution in [2.24, 2.45) is 11.8 Å². The van der Waals surface area contributed by atoms with Crippen LogP contribution in [0.4, 0.5) is 0 Å². The van der Waals surface area contributed by atoms with E-state index in [-0.39, 0.29) is 11.9 Å². The minimum atomic E-state index is 0.00132. The van der Waals surface area contributed by atoms with E-state index in [0.717, 1.165) is 18.8 Å². The normalized spacial score (nSPS) is 31.1. The minimum Gasteiger partial charge on any atom is -0.469 e. The van der Waals surface area contributed by atoms with Crippen LogP contribution in [0.25, 0.3) is 0 Å². The monoisotopic (exact) mass is 239 g/mol. The SMILES string of the molecule is COC(=O)[C@H]1CC[C@H](CN2CCCCC2)CC1. The van der Waals surface area contributed by atoms with Crippen LogP contribution in [0.1, 0.15) is 44.9 Å². The predicted octanol–water partition coefficient (Wildman–Crippen LogP) is 2.45. The number of hydrogen-bond acceptors (Lipinski definition) is 3. The number of methoxy groups -OCH3 is 1. The fraction of sp³-hybridized carbons (Fsp3) is 0.929. The lowest BCUT2D eigenvalue weighted by Crippen LogP contribution is -2.36. The lowest BCUT2D eigenvalue weighted by molar-refractivity contribution is -0.146. The molecule has 17 heavy (non-hydrogen) atoms. The van der Waals surface area contributed by atoms with Gasteiger partial charge in [-0.3, -0.25) is 4.79 Å². The third-order valence-corrected chi connectivity index (χ3v) is 4.35. The van der Waals surface area contributed by atoms with Gasteiger partial charge in [0.05, 0.1) is 13.0 Å². The van der Waals surface area contributed by atoms with Gasteiger partial charge in [0.15, 0.2) is 0 Å². The van der Waals surface area contributed by atoms with Gasteiger partial charge >= 0.3 is 5.97 Å². The molecule has 0 amide bonds. The lowest BCUT2D eigenvalue weighted by Gasteiger charge is -2.33. The van der Waals surface area contributed by atoms with Gasteiger partial charge in [-0.1, -0.05) is 6.42 Å². The maximum atomic E-state index is 11.4. The Morgan fingerprint density at radius 1 is 1.12 bits per heavy atom. The second-order valence-corrected chi connectivity index (χ2v) is 5.60. The topological polar surface area (TPSA) is 29.5 Å². The summed E-state index contributed by atoms with van der Waals surface area (Å²) in [5.41, 5.74) is 0. The highest BCUT2D eigenvalue weighted by Gasteiger charge is 2.27. The first-order chi connectivity index (χ1) is 8.29. The van der Waals surface area contributed by atoms with E-state index < -0.39 is 0 Å². The molecule has 3 heteroatoms. The van der Waals surface area contributed by atoms with E-state index >= 15 is 0 Å². The summed E-state index contributed by atoms with van der Waals surface area (Å²) in [6.45, 7) is 3.84. The van der Waals surface area contributed by atoms with Crippen molar-refractivity contribution in [3.05, 3.63) is 0 Å². The van der Waals surface area contributed by atoms with Crippen LogP contribution in [0.3, 0.4) is 0 Å². The van der Waals surface area contributed by atoms with Gasteiger partial charge in [0.25, 0.3) is 0 Å². The van der Waals surface area contributed by atoms with Crippen LogP contribution < -0.4 is 0 Å². The molecular formula is C14H25NO2. The highest BCUT2D eigenvalue weighted by molar-refractivity contribution is 5.72. The molecule has 0 atom stereocenters. The molecule has 0 N–H and O–H groups in total. The fourth-order valence-electron chi connectivity index (χ4n) is 3.25. The average molecular weight is 239 g/mol. The van der Waals surface area contributed by atoms with Gasteiger partial charge < -0.3 is 9.64 Å². The van der Waals surface area contributed by atoms with Crippen molar-refractivity contribution < 1.29 is 9.53 Å². The number of esters is 1. The molecule has 2 fully saturated rings. The molecular weight excluding hydrogens is 214 g/mol.